The van der Waals surface area contributed by atoms with Crippen LogP contribution in [-0.2, 0) is 4.79 Å². The molecule has 0 unspecified atom stereocenters. The van der Waals surface area contributed by atoms with Crippen molar-refractivity contribution in [2.24, 2.45) is 5.92 Å². The van der Waals surface area contributed by atoms with Crippen molar-refractivity contribution >= 4 is 17.6 Å². The number of hydrogen-bond donors (Lipinski definition) is 2. The smallest absolute Gasteiger partial charge is 0.326 e. The molecule has 0 bridgehead atoms. The Hall–Kier alpha value is -2.51. The number of pyridine rings is 1. The highest BCUT2D eigenvalue weighted by atomic mass is 16.6. The SMILES string of the molecule is CC[C@H](C)[C@H](NC(=O)c1cc([N+](=O)[O-])cnc1C)C(=O)O. The molecular weight excluding hydrogens is 278 g/mol. The summed E-state index contributed by atoms with van der Waals surface area (Å²) in [5.74, 6) is -2.09. The van der Waals surface area contributed by atoms with Crippen molar-refractivity contribution in [3.63, 3.8) is 0 Å². The monoisotopic (exact) mass is 295 g/mol. The van der Waals surface area contributed by atoms with Crippen LogP contribution in [0.15, 0.2) is 12.3 Å². The first-order valence-electron chi connectivity index (χ1n) is 6.42. The van der Waals surface area contributed by atoms with Gasteiger partial charge in [-0.3, -0.25) is 19.9 Å². The molecule has 1 rings (SSSR count). The molecule has 0 aromatic carbocycles. The summed E-state index contributed by atoms with van der Waals surface area (Å²) in [6, 6.07) is 0.0360. The summed E-state index contributed by atoms with van der Waals surface area (Å²) in [4.78, 5) is 37.2. The van der Waals surface area contributed by atoms with Crippen LogP contribution >= 0.6 is 0 Å². The van der Waals surface area contributed by atoms with E-state index in [0.29, 0.717) is 12.1 Å². The van der Waals surface area contributed by atoms with Crippen LogP contribution in [0.1, 0.15) is 36.3 Å². The number of aliphatic carboxylic acids is 1. The summed E-state index contributed by atoms with van der Waals surface area (Å²) in [5, 5.41) is 22.2. The molecule has 1 amide bonds. The Labute approximate surface area is 121 Å². The molecule has 8 heteroatoms. The van der Waals surface area contributed by atoms with Crippen LogP contribution in [0.25, 0.3) is 0 Å². The third kappa shape index (κ3) is 3.98. The minimum absolute atomic E-state index is 0.00115. The van der Waals surface area contributed by atoms with Crippen LogP contribution in [-0.4, -0.2) is 32.9 Å². The predicted octanol–water partition coefficient (Wildman–Crippen LogP) is 1.53. The minimum atomic E-state index is -1.14. The largest absolute Gasteiger partial charge is 0.480 e. The van der Waals surface area contributed by atoms with Gasteiger partial charge in [0.05, 0.1) is 16.2 Å². The second-order valence-electron chi connectivity index (χ2n) is 4.76. The number of nitrogens with zero attached hydrogens (tertiary/aromatic N) is 2. The zero-order valence-electron chi connectivity index (χ0n) is 12.0. The molecule has 0 aliphatic heterocycles. The fourth-order valence-electron chi connectivity index (χ4n) is 1.75. The van der Waals surface area contributed by atoms with Gasteiger partial charge < -0.3 is 10.4 Å². The van der Waals surface area contributed by atoms with Gasteiger partial charge in [-0.2, -0.15) is 0 Å². The Kier molecular flexibility index (Phi) is 5.34. The number of carboxylic acids is 1. The Bertz CT molecular complexity index is 573. The number of rotatable bonds is 6. The second kappa shape index (κ2) is 6.78. The van der Waals surface area contributed by atoms with E-state index in [1.807, 2.05) is 6.92 Å². The number of hydrogen-bond acceptors (Lipinski definition) is 5. The van der Waals surface area contributed by atoms with Gasteiger partial charge in [0.15, 0.2) is 0 Å². The topological polar surface area (TPSA) is 122 Å². The maximum Gasteiger partial charge on any atom is 0.326 e. The second-order valence-corrected chi connectivity index (χ2v) is 4.76. The highest BCUT2D eigenvalue weighted by Gasteiger charge is 2.27. The predicted molar refractivity (Wildman–Crippen MR) is 74.0 cm³/mol. The molecule has 21 heavy (non-hydrogen) atoms. The van der Waals surface area contributed by atoms with Crippen molar-refractivity contribution in [3.8, 4) is 0 Å². The van der Waals surface area contributed by atoms with Gasteiger partial charge in [-0.05, 0) is 12.8 Å². The van der Waals surface area contributed by atoms with Crippen molar-refractivity contribution in [1.29, 1.82) is 0 Å². The molecule has 114 valence electrons. The summed E-state index contributed by atoms with van der Waals surface area (Å²) < 4.78 is 0. The van der Waals surface area contributed by atoms with Gasteiger partial charge in [-0.15, -0.1) is 0 Å². The van der Waals surface area contributed by atoms with Gasteiger partial charge >= 0.3 is 5.97 Å². The Morgan fingerprint density at radius 3 is 2.62 bits per heavy atom. The van der Waals surface area contributed by atoms with Crippen molar-refractivity contribution in [1.82, 2.24) is 10.3 Å². The van der Waals surface area contributed by atoms with E-state index in [4.69, 9.17) is 5.11 Å². The maximum absolute atomic E-state index is 12.1. The van der Waals surface area contributed by atoms with E-state index < -0.39 is 22.8 Å². The van der Waals surface area contributed by atoms with E-state index in [-0.39, 0.29) is 17.2 Å². The summed E-state index contributed by atoms with van der Waals surface area (Å²) in [6.07, 6.45) is 1.62. The molecule has 8 nitrogen and oxygen atoms in total. The molecule has 2 N–H and O–H groups in total. The normalized spacial score (nSPS) is 13.3. The summed E-state index contributed by atoms with van der Waals surface area (Å²) in [7, 11) is 0. The van der Waals surface area contributed by atoms with Crippen LogP contribution in [0.2, 0.25) is 0 Å². The third-order valence-corrected chi connectivity index (χ3v) is 3.29. The fraction of sp³-hybridized carbons (Fsp3) is 0.462. The number of aromatic nitrogens is 1. The number of carboxylic acid groups (broad SMARTS) is 1. The average Bonchev–Trinajstić information content (AvgIpc) is 2.43. The van der Waals surface area contributed by atoms with Crippen molar-refractivity contribution in [2.75, 3.05) is 0 Å². The van der Waals surface area contributed by atoms with Gasteiger partial charge in [-0.1, -0.05) is 20.3 Å². The van der Waals surface area contributed by atoms with Gasteiger partial charge in [0, 0.05) is 6.07 Å². The molecule has 0 aliphatic rings. The molecule has 0 aliphatic carbocycles. The van der Waals surface area contributed by atoms with Gasteiger partial charge in [0.2, 0.25) is 0 Å². The summed E-state index contributed by atoms with van der Waals surface area (Å²) in [6.45, 7) is 5.04. The number of amides is 1. The number of carbonyl (C=O) groups is 2. The third-order valence-electron chi connectivity index (χ3n) is 3.29. The number of carbonyl (C=O) groups excluding carboxylic acids is 1. The lowest BCUT2D eigenvalue weighted by Gasteiger charge is -2.20. The van der Waals surface area contributed by atoms with Gasteiger partial charge in [-0.25, -0.2) is 4.79 Å². The standard InChI is InChI=1S/C13H17N3O5/c1-4-7(2)11(13(18)19)15-12(17)10-5-9(16(20)21)6-14-8(10)3/h5-7,11H,4H2,1-3H3,(H,15,17)(H,18,19)/t7-,11-/m0/s1. The minimum Gasteiger partial charge on any atom is -0.480 e. The van der Waals surface area contributed by atoms with Crippen molar-refractivity contribution in [3.05, 3.63) is 33.6 Å². The average molecular weight is 295 g/mol. The van der Waals surface area contributed by atoms with E-state index >= 15 is 0 Å². The quantitative estimate of drug-likeness (QED) is 0.606. The zero-order chi connectivity index (χ0) is 16.2. The van der Waals surface area contributed by atoms with Crippen LogP contribution in [0.5, 0.6) is 0 Å². The first-order chi connectivity index (χ1) is 9.77. The molecule has 0 saturated heterocycles. The Balaban J connectivity index is 3.05. The molecule has 0 saturated carbocycles. The van der Waals surface area contributed by atoms with E-state index in [1.165, 1.54) is 6.92 Å². The van der Waals surface area contributed by atoms with E-state index in [9.17, 15) is 19.7 Å². The zero-order valence-corrected chi connectivity index (χ0v) is 12.0. The molecule has 0 fully saturated rings. The molecule has 1 aromatic rings. The summed E-state index contributed by atoms with van der Waals surface area (Å²) in [5.41, 5.74) is -0.0219. The Morgan fingerprint density at radius 2 is 2.14 bits per heavy atom. The molecular formula is C13H17N3O5. The highest BCUT2D eigenvalue weighted by molar-refractivity contribution is 5.98. The van der Waals surface area contributed by atoms with Crippen molar-refractivity contribution in [2.45, 2.75) is 33.2 Å². The van der Waals surface area contributed by atoms with Crippen LogP contribution in [0.3, 0.4) is 0 Å². The first kappa shape index (κ1) is 16.5. The van der Waals surface area contributed by atoms with E-state index in [1.54, 1.807) is 6.92 Å². The van der Waals surface area contributed by atoms with Crippen LogP contribution in [0.4, 0.5) is 5.69 Å². The number of nitrogens with one attached hydrogen (secondary N) is 1. The van der Waals surface area contributed by atoms with Crippen LogP contribution < -0.4 is 5.32 Å². The van der Waals surface area contributed by atoms with E-state index in [0.717, 1.165) is 12.3 Å². The lowest BCUT2D eigenvalue weighted by Crippen LogP contribution is -2.45. The molecule has 2 atom stereocenters. The molecule has 1 aromatic heterocycles. The molecule has 1 heterocycles. The maximum atomic E-state index is 12.1. The number of nitro groups is 1. The van der Waals surface area contributed by atoms with Crippen LogP contribution in [0, 0.1) is 23.0 Å². The Morgan fingerprint density at radius 1 is 1.52 bits per heavy atom. The lowest BCUT2D eigenvalue weighted by molar-refractivity contribution is -0.385. The molecule has 0 radical (unpaired) electrons. The van der Waals surface area contributed by atoms with Gasteiger partial charge in [0.25, 0.3) is 11.6 Å². The van der Waals surface area contributed by atoms with Crippen molar-refractivity contribution < 1.29 is 19.6 Å². The summed E-state index contributed by atoms with van der Waals surface area (Å²) >= 11 is 0. The first-order valence-corrected chi connectivity index (χ1v) is 6.42. The van der Waals surface area contributed by atoms with Gasteiger partial charge in [0.1, 0.15) is 12.2 Å². The molecule has 0 spiro atoms. The fourth-order valence-corrected chi connectivity index (χ4v) is 1.75. The lowest BCUT2D eigenvalue weighted by atomic mass is 9.99. The highest BCUT2D eigenvalue weighted by Crippen LogP contribution is 2.16. The van der Waals surface area contributed by atoms with E-state index in [2.05, 4.69) is 10.3 Å². The number of aryl methyl sites for hydroxylation is 1.